The maximum atomic E-state index is 11.7. The zero-order chi connectivity index (χ0) is 12.1. The first-order valence-corrected chi connectivity index (χ1v) is 5.71. The third kappa shape index (κ3) is 2.81. The third-order valence-electron chi connectivity index (χ3n) is 2.82. The van der Waals surface area contributed by atoms with Crippen LogP contribution >= 0.6 is 0 Å². The lowest BCUT2D eigenvalue weighted by Crippen LogP contribution is -2.36. The molecule has 0 spiro atoms. The minimum Gasteiger partial charge on any atom is -0.343 e. The van der Waals surface area contributed by atoms with Gasteiger partial charge < -0.3 is 4.90 Å². The molecule has 0 saturated carbocycles. The van der Waals surface area contributed by atoms with Gasteiger partial charge in [0.1, 0.15) is 0 Å². The number of hydrogen-bond donors (Lipinski definition) is 0. The molecule has 1 aliphatic heterocycles. The number of amides is 3. The lowest BCUT2D eigenvalue weighted by atomic mass is 10.3. The van der Waals surface area contributed by atoms with Gasteiger partial charge in [-0.25, -0.2) is 0 Å². The Morgan fingerprint density at radius 1 is 1.19 bits per heavy atom. The topological polar surface area (TPSA) is 57.7 Å². The molecule has 3 amide bonds. The summed E-state index contributed by atoms with van der Waals surface area (Å²) in [5, 5.41) is 0. The van der Waals surface area contributed by atoms with E-state index in [2.05, 4.69) is 0 Å². The van der Waals surface area contributed by atoms with Crippen molar-refractivity contribution in [2.75, 3.05) is 19.6 Å². The van der Waals surface area contributed by atoms with Crippen LogP contribution in [0.25, 0.3) is 0 Å². The summed E-state index contributed by atoms with van der Waals surface area (Å²) >= 11 is 0. The monoisotopic (exact) mass is 226 g/mol. The molecule has 16 heavy (non-hydrogen) atoms. The summed E-state index contributed by atoms with van der Waals surface area (Å²) in [5.41, 5.74) is 0. The highest BCUT2D eigenvalue weighted by atomic mass is 16.2. The second-order valence-corrected chi connectivity index (χ2v) is 3.76. The zero-order valence-electron chi connectivity index (χ0n) is 9.86. The number of nitrogens with zero attached hydrogens (tertiary/aromatic N) is 2. The zero-order valence-corrected chi connectivity index (χ0v) is 9.86. The Labute approximate surface area is 95.4 Å². The highest BCUT2D eigenvalue weighted by molar-refractivity contribution is 6.02. The van der Waals surface area contributed by atoms with Gasteiger partial charge in [0.15, 0.2) is 0 Å². The number of carbonyl (C=O) groups is 3. The van der Waals surface area contributed by atoms with Crippen molar-refractivity contribution >= 4 is 17.7 Å². The van der Waals surface area contributed by atoms with E-state index in [1.54, 1.807) is 4.90 Å². The molecule has 0 aromatic heterocycles. The van der Waals surface area contributed by atoms with Crippen LogP contribution in [0.1, 0.15) is 33.1 Å². The van der Waals surface area contributed by atoms with Crippen LogP contribution in [0.2, 0.25) is 0 Å². The lowest BCUT2D eigenvalue weighted by Gasteiger charge is -2.20. The van der Waals surface area contributed by atoms with Gasteiger partial charge in [-0.05, 0) is 13.8 Å². The minimum atomic E-state index is -0.155. The summed E-state index contributed by atoms with van der Waals surface area (Å²) in [5.74, 6) is -0.313. The summed E-state index contributed by atoms with van der Waals surface area (Å²) in [6.45, 7) is 5.38. The Bertz CT molecular complexity index is 282. The molecule has 0 aromatic rings. The Balaban J connectivity index is 2.42. The predicted molar refractivity (Wildman–Crippen MR) is 58.5 cm³/mol. The maximum Gasteiger partial charge on any atom is 0.229 e. The fraction of sp³-hybridized carbons (Fsp3) is 0.727. The van der Waals surface area contributed by atoms with E-state index in [1.807, 2.05) is 13.8 Å². The van der Waals surface area contributed by atoms with E-state index in [-0.39, 0.29) is 43.5 Å². The van der Waals surface area contributed by atoms with Crippen molar-refractivity contribution in [3.8, 4) is 0 Å². The van der Waals surface area contributed by atoms with Crippen LogP contribution in [-0.2, 0) is 14.4 Å². The molecule has 5 heteroatoms. The van der Waals surface area contributed by atoms with Crippen molar-refractivity contribution in [2.24, 2.45) is 0 Å². The van der Waals surface area contributed by atoms with Crippen molar-refractivity contribution in [3.05, 3.63) is 0 Å². The Hall–Kier alpha value is -1.39. The van der Waals surface area contributed by atoms with Crippen molar-refractivity contribution in [3.63, 3.8) is 0 Å². The van der Waals surface area contributed by atoms with Gasteiger partial charge in [0.25, 0.3) is 0 Å². The van der Waals surface area contributed by atoms with E-state index < -0.39 is 0 Å². The molecule has 0 atom stereocenters. The van der Waals surface area contributed by atoms with Gasteiger partial charge in [-0.15, -0.1) is 0 Å². The Morgan fingerprint density at radius 2 is 1.69 bits per heavy atom. The molecule has 1 fully saturated rings. The Kier molecular flexibility index (Phi) is 4.46. The molecule has 1 heterocycles. The molecule has 90 valence electrons. The predicted octanol–water partition coefficient (Wildman–Crippen LogP) is 0.394. The summed E-state index contributed by atoms with van der Waals surface area (Å²) < 4.78 is 0. The van der Waals surface area contributed by atoms with Gasteiger partial charge >= 0.3 is 0 Å². The highest BCUT2D eigenvalue weighted by Gasteiger charge is 2.29. The molecule has 0 unspecified atom stereocenters. The standard InChI is InChI=1S/C11H18N2O3/c1-3-12(4-2)9(14)7-8-13-10(15)5-6-11(13)16/h3-8H2,1-2H3. The summed E-state index contributed by atoms with van der Waals surface area (Å²) in [7, 11) is 0. The van der Waals surface area contributed by atoms with Crippen molar-refractivity contribution in [1.29, 1.82) is 0 Å². The number of imide groups is 1. The summed E-state index contributed by atoms with van der Waals surface area (Å²) in [4.78, 5) is 37.1. The smallest absolute Gasteiger partial charge is 0.229 e. The van der Waals surface area contributed by atoms with E-state index in [9.17, 15) is 14.4 Å². The molecular formula is C11H18N2O3. The average molecular weight is 226 g/mol. The van der Waals surface area contributed by atoms with Crippen LogP contribution in [0.15, 0.2) is 0 Å². The number of hydrogen-bond acceptors (Lipinski definition) is 3. The molecule has 0 bridgehead atoms. The molecule has 0 aromatic carbocycles. The van der Waals surface area contributed by atoms with Crippen LogP contribution in [-0.4, -0.2) is 47.2 Å². The molecule has 1 rings (SSSR count). The number of carbonyl (C=O) groups excluding carboxylic acids is 3. The van der Waals surface area contributed by atoms with Crippen LogP contribution < -0.4 is 0 Å². The first kappa shape index (κ1) is 12.7. The molecule has 1 saturated heterocycles. The fourth-order valence-corrected chi connectivity index (χ4v) is 1.81. The van der Waals surface area contributed by atoms with E-state index in [0.717, 1.165) is 0 Å². The van der Waals surface area contributed by atoms with Gasteiger partial charge in [0.2, 0.25) is 17.7 Å². The second kappa shape index (κ2) is 5.63. The van der Waals surface area contributed by atoms with Crippen molar-refractivity contribution in [1.82, 2.24) is 9.80 Å². The molecule has 5 nitrogen and oxygen atoms in total. The fourth-order valence-electron chi connectivity index (χ4n) is 1.81. The summed E-state index contributed by atoms with van der Waals surface area (Å²) in [6, 6.07) is 0. The van der Waals surface area contributed by atoms with Crippen molar-refractivity contribution in [2.45, 2.75) is 33.1 Å². The normalized spacial score (nSPS) is 15.8. The van der Waals surface area contributed by atoms with E-state index in [4.69, 9.17) is 0 Å². The molecule has 0 N–H and O–H groups in total. The van der Waals surface area contributed by atoms with E-state index in [0.29, 0.717) is 13.1 Å². The van der Waals surface area contributed by atoms with Crippen LogP contribution in [0.4, 0.5) is 0 Å². The van der Waals surface area contributed by atoms with E-state index >= 15 is 0 Å². The number of rotatable bonds is 5. The lowest BCUT2D eigenvalue weighted by molar-refractivity contribution is -0.139. The first-order valence-electron chi connectivity index (χ1n) is 5.71. The molecular weight excluding hydrogens is 208 g/mol. The van der Waals surface area contributed by atoms with Gasteiger partial charge in [0.05, 0.1) is 0 Å². The van der Waals surface area contributed by atoms with Gasteiger partial charge in [-0.3, -0.25) is 19.3 Å². The maximum absolute atomic E-state index is 11.7. The SMILES string of the molecule is CCN(CC)C(=O)CCN1C(=O)CCC1=O. The second-order valence-electron chi connectivity index (χ2n) is 3.76. The minimum absolute atomic E-state index is 0.00231. The average Bonchev–Trinajstić information content (AvgIpc) is 2.58. The molecule has 0 radical (unpaired) electrons. The first-order chi connectivity index (χ1) is 7.60. The van der Waals surface area contributed by atoms with Gasteiger partial charge in [-0.1, -0.05) is 0 Å². The molecule has 0 aliphatic carbocycles. The highest BCUT2D eigenvalue weighted by Crippen LogP contribution is 2.12. The van der Waals surface area contributed by atoms with E-state index in [1.165, 1.54) is 4.90 Å². The van der Waals surface area contributed by atoms with Crippen LogP contribution in [0.5, 0.6) is 0 Å². The van der Waals surface area contributed by atoms with Gasteiger partial charge in [-0.2, -0.15) is 0 Å². The Morgan fingerprint density at radius 3 is 2.12 bits per heavy atom. The quantitative estimate of drug-likeness (QED) is 0.637. The third-order valence-corrected chi connectivity index (χ3v) is 2.82. The number of likely N-dealkylation sites (tertiary alicyclic amines) is 1. The van der Waals surface area contributed by atoms with Gasteiger partial charge in [0, 0.05) is 38.9 Å². The summed E-state index contributed by atoms with van der Waals surface area (Å²) in [6.07, 6.45) is 0.815. The molecule has 1 aliphatic rings. The largest absolute Gasteiger partial charge is 0.343 e. The van der Waals surface area contributed by atoms with Crippen LogP contribution in [0.3, 0.4) is 0 Å². The van der Waals surface area contributed by atoms with Crippen LogP contribution in [0, 0.1) is 0 Å². The van der Waals surface area contributed by atoms with Crippen molar-refractivity contribution < 1.29 is 14.4 Å².